The van der Waals surface area contributed by atoms with Gasteiger partial charge < -0.3 is 9.84 Å². The van der Waals surface area contributed by atoms with Crippen molar-refractivity contribution in [3.8, 4) is 0 Å². The number of hydrogen-bond acceptors (Lipinski definition) is 5. The van der Waals surface area contributed by atoms with Gasteiger partial charge in [0, 0.05) is 42.8 Å². The molecule has 7 rings (SSSR count). The molecule has 5 fully saturated rings. The van der Waals surface area contributed by atoms with Crippen LogP contribution >= 0.6 is 0 Å². The monoisotopic (exact) mass is 371 g/mol. The Hall–Kier alpha value is -1.04. The van der Waals surface area contributed by atoms with Crippen LogP contribution in [0.3, 0.4) is 0 Å². The summed E-state index contributed by atoms with van der Waals surface area (Å²) in [6, 6.07) is 0. The number of aliphatic hydroxyl groups excluding tert-OH is 1. The van der Waals surface area contributed by atoms with Crippen molar-refractivity contribution in [2.75, 3.05) is 32.8 Å². The van der Waals surface area contributed by atoms with Crippen LogP contribution in [0.15, 0.2) is 11.6 Å². The Morgan fingerprint density at radius 2 is 2.00 bits per heavy atom. The van der Waals surface area contributed by atoms with Gasteiger partial charge in [0.1, 0.15) is 5.78 Å². The molecule has 1 heterocycles. The molecule has 27 heavy (non-hydrogen) atoms. The van der Waals surface area contributed by atoms with E-state index in [0.29, 0.717) is 24.5 Å². The highest BCUT2D eigenvalue weighted by molar-refractivity contribution is 6.00. The van der Waals surface area contributed by atoms with E-state index in [-0.39, 0.29) is 34.9 Å². The van der Waals surface area contributed by atoms with Gasteiger partial charge in [-0.15, -0.1) is 0 Å². The molecule has 0 radical (unpaired) electrons. The Bertz CT molecular complexity index is 755. The van der Waals surface area contributed by atoms with Crippen LogP contribution in [-0.2, 0) is 14.3 Å². The Kier molecular flexibility index (Phi) is 3.32. The molecular weight excluding hydrogens is 342 g/mol. The molecule has 5 nitrogen and oxygen atoms in total. The fourth-order valence-corrected chi connectivity index (χ4v) is 8.26. The molecule has 6 aliphatic carbocycles. The molecule has 7 aliphatic rings. The molecule has 1 aliphatic heterocycles. The number of morpholine rings is 1. The minimum absolute atomic E-state index is 0.00496. The van der Waals surface area contributed by atoms with E-state index in [2.05, 4.69) is 17.9 Å². The largest absolute Gasteiger partial charge is 0.392 e. The van der Waals surface area contributed by atoms with Gasteiger partial charge in [0.25, 0.3) is 0 Å². The summed E-state index contributed by atoms with van der Waals surface area (Å²) >= 11 is 0. The minimum Gasteiger partial charge on any atom is -0.392 e. The summed E-state index contributed by atoms with van der Waals surface area (Å²) in [5.41, 5.74) is 0.291. The number of carbonyl (C=O) groups is 2. The molecular formula is C22H29NO4. The van der Waals surface area contributed by atoms with Crippen molar-refractivity contribution >= 4 is 11.6 Å². The molecule has 4 bridgehead atoms. The molecule has 5 heteroatoms. The summed E-state index contributed by atoms with van der Waals surface area (Å²) in [5.74, 6) is 1.30. The number of fused-ring (bicyclic) bond motifs is 3. The Labute approximate surface area is 160 Å². The van der Waals surface area contributed by atoms with Gasteiger partial charge in [0.05, 0.1) is 24.7 Å². The lowest BCUT2D eigenvalue weighted by Gasteiger charge is -2.67. The molecule has 8 atom stereocenters. The highest BCUT2D eigenvalue weighted by Crippen LogP contribution is 2.77. The summed E-state index contributed by atoms with van der Waals surface area (Å²) in [5, 5.41) is 11.2. The highest BCUT2D eigenvalue weighted by atomic mass is 16.5. The van der Waals surface area contributed by atoms with Gasteiger partial charge in [-0.05, 0) is 37.5 Å². The van der Waals surface area contributed by atoms with Crippen LogP contribution in [0.4, 0.5) is 0 Å². The second kappa shape index (κ2) is 5.31. The number of Topliss-reactive ketones (excluding diaryl/α,β-unsaturated/α-hetero) is 2. The van der Waals surface area contributed by atoms with E-state index >= 15 is 0 Å². The molecule has 0 aromatic rings. The molecule has 1 N–H and O–H groups in total. The zero-order valence-electron chi connectivity index (χ0n) is 16.0. The lowest BCUT2D eigenvalue weighted by Crippen LogP contribution is -2.70. The van der Waals surface area contributed by atoms with Crippen molar-refractivity contribution in [1.29, 1.82) is 0 Å². The third kappa shape index (κ3) is 1.78. The van der Waals surface area contributed by atoms with Crippen LogP contribution in [0.25, 0.3) is 0 Å². The minimum atomic E-state index is -0.674. The summed E-state index contributed by atoms with van der Waals surface area (Å²) in [4.78, 5) is 29.3. The molecule has 4 saturated carbocycles. The van der Waals surface area contributed by atoms with Gasteiger partial charge in [-0.2, -0.15) is 0 Å². The lowest BCUT2D eigenvalue weighted by molar-refractivity contribution is -0.192. The number of carbonyl (C=O) groups excluding carboxylic acids is 2. The number of aliphatic hydroxyl groups is 1. The van der Waals surface area contributed by atoms with Crippen LogP contribution in [-0.4, -0.2) is 60.5 Å². The molecule has 0 aromatic carbocycles. The first-order chi connectivity index (χ1) is 13.0. The molecule has 2 spiro atoms. The van der Waals surface area contributed by atoms with E-state index in [0.717, 1.165) is 45.7 Å². The number of ether oxygens (including phenoxy) is 1. The molecule has 0 aromatic heterocycles. The highest BCUT2D eigenvalue weighted by Gasteiger charge is 2.79. The first kappa shape index (κ1) is 16.9. The van der Waals surface area contributed by atoms with E-state index in [4.69, 9.17) is 4.74 Å². The second-order valence-electron chi connectivity index (χ2n) is 10.0. The molecule has 146 valence electrons. The van der Waals surface area contributed by atoms with E-state index in [1.165, 1.54) is 5.57 Å². The third-order valence-corrected chi connectivity index (χ3v) is 9.33. The van der Waals surface area contributed by atoms with Gasteiger partial charge in [0.2, 0.25) is 0 Å². The van der Waals surface area contributed by atoms with Gasteiger partial charge >= 0.3 is 0 Å². The fourth-order valence-electron chi connectivity index (χ4n) is 8.26. The van der Waals surface area contributed by atoms with Crippen LogP contribution in [0, 0.1) is 40.4 Å². The zero-order valence-corrected chi connectivity index (χ0v) is 16.0. The van der Waals surface area contributed by atoms with E-state index in [1.54, 1.807) is 0 Å². The van der Waals surface area contributed by atoms with Crippen LogP contribution < -0.4 is 0 Å². The summed E-state index contributed by atoms with van der Waals surface area (Å²) in [6.07, 6.45) is 4.87. The van der Waals surface area contributed by atoms with Crippen molar-refractivity contribution in [2.24, 2.45) is 40.4 Å². The predicted octanol–water partition coefficient (Wildman–Crippen LogP) is 1.45. The SMILES string of the molecule is CC1C2CC[C@]3(C2=O)C1C[C@@H](O)[C@]12CC(=CC(CN4CCOCC4)C1=O)C32. The van der Waals surface area contributed by atoms with Crippen LogP contribution in [0.2, 0.25) is 0 Å². The maximum atomic E-state index is 13.7. The Morgan fingerprint density at radius 3 is 2.78 bits per heavy atom. The van der Waals surface area contributed by atoms with Crippen molar-refractivity contribution in [3.05, 3.63) is 11.6 Å². The van der Waals surface area contributed by atoms with Crippen molar-refractivity contribution in [2.45, 2.75) is 38.7 Å². The second-order valence-corrected chi connectivity index (χ2v) is 10.0. The van der Waals surface area contributed by atoms with Crippen LogP contribution in [0.5, 0.6) is 0 Å². The van der Waals surface area contributed by atoms with Crippen molar-refractivity contribution < 1.29 is 19.4 Å². The van der Waals surface area contributed by atoms with Crippen molar-refractivity contribution in [3.63, 3.8) is 0 Å². The molecule has 5 unspecified atom stereocenters. The van der Waals surface area contributed by atoms with Crippen molar-refractivity contribution in [1.82, 2.24) is 4.90 Å². The number of hydrogen-bond donors (Lipinski definition) is 1. The average molecular weight is 371 g/mol. The smallest absolute Gasteiger partial charge is 0.150 e. The maximum absolute atomic E-state index is 13.7. The Balaban J connectivity index is 1.38. The predicted molar refractivity (Wildman–Crippen MR) is 97.8 cm³/mol. The van der Waals surface area contributed by atoms with E-state index < -0.39 is 11.5 Å². The van der Waals surface area contributed by atoms with Crippen LogP contribution in [0.1, 0.15) is 32.6 Å². The first-order valence-electron chi connectivity index (χ1n) is 10.8. The average Bonchev–Trinajstić information content (AvgIpc) is 3.05. The maximum Gasteiger partial charge on any atom is 0.150 e. The quantitative estimate of drug-likeness (QED) is 0.744. The van der Waals surface area contributed by atoms with Gasteiger partial charge in [-0.3, -0.25) is 14.5 Å². The van der Waals surface area contributed by atoms with Gasteiger partial charge in [-0.1, -0.05) is 18.6 Å². The number of nitrogens with zero attached hydrogens (tertiary/aromatic N) is 1. The van der Waals surface area contributed by atoms with E-state index in [9.17, 15) is 14.7 Å². The Morgan fingerprint density at radius 1 is 1.22 bits per heavy atom. The molecule has 0 amide bonds. The van der Waals surface area contributed by atoms with Gasteiger partial charge in [0.15, 0.2) is 5.78 Å². The topological polar surface area (TPSA) is 66.8 Å². The summed E-state index contributed by atoms with van der Waals surface area (Å²) in [7, 11) is 0. The third-order valence-electron chi connectivity index (χ3n) is 9.33. The van der Waals surface area contributed by atoms with E-state index in [1.807, 2.05) is 0 Å². The number of ketones is 2. The fraction of sp³-hybridized carbons (Fsp3) is 0.818. The first-order valence-corrected chi connectivity index (χ1v) is 10.8. The number of allylic oxidation sites excluding steroid dienone is 1. The normalized spacial score (nSPS) is 53.6. The zero-order chi connectivity index (χ0) is 18.6. The lowest BCUT2D eigenvalue weighted by atomic mass is 9.35. The number of rotatable bonds is 2. The standard InChI is InChI=1S/C22H29NO4/c1-12-15-2-3-21(20(15)26)16(12)9-17(24)22-10-13(18(21)22)8-14(19(22)25)11-23-4-6-27-7-5-23/h8,12,14-18,24H,2-7,9-11H2,1H3/t12?,14?,15?,16?,17-,18?,21+,22+/m1/s1. The summed E-state index contributed by atoms with van der Waals surface area (Å²) in [6.45, 7) is 6.13. The van der Waals surface area contributed by atoms with Gasteiger partial charge in [-0.25, -0.2) is 0 Å². The molecule has 1 saturated heterocycles. The summed E-state index contributed by atoms with van der Waals surface area (Å²) < 4.78 is 5.43.